The highest BCUT2D eigenvalue weighted by molar-refractivity contribution is 4.87. The van der Waals surface area contributed by atoms with E-state index in [1.807, 2.05) is 0 Å². The molecule has 64 valence electrons. The van der Waals surface area contributed by atoms with Crippen LogP contribution in [0.15, 0.2) is 0 Å². The molecule has 0 aromatic carbocycles. The first-order chi connectivity index (χ1) is 5.31. The van der Waals surface area contributed by atoms with Gasteiger partial charge in [0.25, 0.3) is 0 Å². The molecule has 2 heterocycles. The predicted octanol–water partition coefficient (Wildman–Crippen LogP) is -0.493. The molecule has 1 N–H and O–H groups in total. The van der Waals surface area contributed by atoms with Crippen LogP contribution in [-0.2, 0) is 14.2 Å². The molecule has 4 heteroatoms. The molecule has 4 atom stereocenters. The van der Waals surface area contributed by atoms with Crippen LogP contribution in [0.5, 0.6) is 0 Å². The molecule has 0 spiro atoms. The highest BCUT2D eigenvalue weighted by Gasteiger charge is 2.43. The predicted molar refractivity (Wildman–Crippen MR) is 36.0 cm³/mol. The Hall–Kier alpha value is -0.160. The minimum absolute atomic E-state index is 0.124. The molecule has 11 heavy (non-hydrogen) atoms. The third-order valence-corrected chi connectivity index (χ3v) is 2.26. The zero-order valence-corrected chi connectivity index (χ0v) is 6.40. The van der Waals surface area contributed by atoms with Crippen molar-refractivity contribution in [3.63, 3.8) is 0 Å². The lowest BCUT2D eigenvalue weighted by molar-refractivity contribution is -0.173. The fraction of sp³-hybridized carbons (Fsp3) is 1.00. The fourth-order valence-electron chi connectivity index (χ4n) is 1.58. The summed E-state index contributed by atoms with van der Waals surface area (Å²) in [6, 6.07) is 0. The number of hydrogen-bond acceptors (Lipinski definition) is 4. The first-order valence-corrected chi connectivity index (χ1v) is 3.79. The van der Waals surface area contributed by atoms with Gasteiger partial charge in [-0.3, -0.25) is 0 Å². The lowest BCUT2D eigenvalue weighted by Crippen LogP contribution is -2.45. The van der Waals surface area contributed by atoms with Crippen LogP contribution in [-0.4, -0.2) is 43.4 Å². The van der Waals surface area contributed by atoms with Gasteiger partial charge in [0.05, 0.1) is 12.7 Å². The van der Waals surface area contributed by atoms with E-state index in [-0.39, 0.29) is 18.5 Å². The van der Waals surface area contributed by atoms with Crippen molar-refractivity contribution in [2.45, 2.75) is 31.0 Å². The van der Waals surface area contributed by atoms with E-state index in [1.54, 1.807) is 7.11 Å². The van der Waals surface area contributed by atoms with E-state index in [4.69, 9.17) is 14.2 Å². The van der Waals surface area contributed by atoms with E-state index in [0.717, 1.165) is 0 Å². The normalized spacial score (nSPS) is 49.6. The lowest BCUT2D eigenvalue weighted by Gasteiger charge is -2.30. The average Bonchev–Trinajstić information content (AvgIpc) is 2.42. The molecule has 0 radical (unpaired) electrons. The van der Waals surface area contributed by atoms with Crippen molar-refractivity contribution in [3.8, 4) is 0 Å². The summed E-state index contributed by atoms with van der Waals surface area (Å²) in [5.74, 6) is 0. The number of aliphatic hydroxyl groups is 1. The quantitative estimate of drug-likeness (QED) is 0.562. The summed E-state index contributed by atoms with van der Waals surface area (Å²) >= 11 is 0. The molecule has 0 aromatic heterocycles. The highest BCUT2D eigenvalue weighted by atomic mass is 16.7. The number of methoxy groups -OCH3 is 1. The standard InChI is InChI=1S/C7H12O4/c1-9-4-2-6-10-3-5(11-6)7(4)8/h4-8H,2-3H2,1H3/t4?,5?,6-,7+/m1/s1. The van der Waals surface area contributed by atoms with E-state index >= 15 is 0 Å². The van der Waals surface area contributed by atoms with Crippen LogP contribution in [0, 0.1) is 0 Å². The molecular weight excluding hydrogens is 148 g/mol. The van der Waals surface area contributed by atoms with Crippen LogP contribution < -0.4 is 0 Å². The Balaban J connectivity index is 2.05. The molecule has 2 unspecified atom stereocenters. The average molecular weight is 160 g/mol. The van der Waals surface area contributed by atoms with Gasteiger partial charge in [-0.15, -0.1) is 0 Å². The van der Waals surface area contributed by atoms with Crippen molar-refractivity contribution in [3.05, 3.63) is 0 Å². The largest absolute Gasteiger partial charge is 0.388 e. The van der Waals surface area contributed by atoms with Gasteiger partial charge >= 0.3 is 0 Å². The molecular formula is C7H12O4. The van der Waals surface area contributed by atoms with Crippen molar-refractivity contribution < 1.29 is 19.3 Å². The minimum atomic E-state index is -0.529. The van der Waals surface area contributed by atoms with Crippen molar-refractivity contribution in [1.82, 2.24) is 0 Å². The first-order valence-electron chi connectivity index (χ1n) is 3.79. The molecule has 0 aliphatic carbocycles. The molecule has 2 aliphatic heterocycles. The van der Waals surface area contributed by atoms with Gasteiger partial charge in [0.15, 0.2) is 6.29 Å². The Bertz CT molecular complexity index is 149. The molecule has 2 rings (SSSR count). The maximum atomic E-state index is 9.53. The third kappa shape index (κ3) is 1.16. The second-order valence-corrected chi connectivity index (χ2v) is 2.94. The van der Waals surface area contributed by atoms with E-state index < -0.39 is 6.10 Å². The zero-order chi connectivity index (χ0) is 7.84. The van der Waals surface area contributed by atoms with E-state index in [9.17, 15) is 5.11 Å². The number of fused-ring (bicyclic) bond motifs is 2. The summed E-state index contributed by atoms with van der Waals surface area (Å²) in [6.45, 7) is 0.492. The van der Waals surface area contributed by atoms with Crippen LogP contribution in [0.3, 0.4) is 0 Å². The van der Waals surface area contributed by atoms with Gasteiger partial charge in [0, 0.05) is 13.5 Å². The summed E-state index contributed by atoms with van der Waals surface area (Å²) in [5.41, 5.74) is 0. The summed E-state index contributed by atoms with van der Waals surface area (Å²) in [6.07, 6.45) is -0.360. The van der Waals surface area contributed by atoms with E-state index in [2.05, 4.69) is 0 Å². The molecule has 0 saturated carbocycles. The van der Waals surface area contributed by atoms with Crippen LogP contribution in [0.2, 0.25) is 0 Å². The monoisotopic (exact) mass is 160 g/mol. The number of hydrogen-bond donors (Lipinski definition) is 1. The summed E-state index contributed by atoms with van der Waals surface area (Å²) in [7, 11) is 1.60. The fourth-order valence-corrected chi connectivity index (χ4v) is 1.58. The third-order valence-electron chi connectivity index (χ3n) is 2.26. The molecule has 0 aromatic rings. The SMILES string of the molecule is COC1C[C@@H]2OCC(O2)[C@H]1O. The molecule has 2 bridgehead atoms. The number of ether oxygens (including phenoxy) is 3. The first kappa shape index (κ1) is 7.49. The van der Waals surface area contributed by atoms with Gasteiger partial charge in [-0.25, -0.2) is 0 Å². The molecule has 0 amide bonds. The topological polar surface area (TPSA) is 47.9 Å². The second-order valence-electron chi connectivity index (χ2n) is 2.94. The van der Waals surface area contributed by atoms with Crippen LogP contribution in [0.25, 0.3) is 0 Å². The summed E-state index contributed by atoms with van der Waals surface area (Å²) < 4.78 is 15.6. The Labute approximate surface area is 65.1 Å². The summed E-state index contributed by atoms with van der Waals surface area (Å²) in [5, 5.41) is 9.53. The maximum Gasteiger partial charge on any atom is 0.160 e. The Morgan fingerprint density at radius 2 is 2.36 bits per heavy atom. The second kappa shape index (κ2) is 2.71. The van der Waals surface area contributed by atoms with Crippen LogP contribution in [0.4, 0.5) is 0 Å². The number of aliphatic hydroxyl groups excluding tert-OH is 1. The van der Waals surface area contributed by atoms with E-state index in [1.165, 1.54) is 0 Å². The zero-order valence-electron chi connectivity index (χ0n) is 6.40. The van der Waals surface area contributed by atoms with Gasteiger partial charge < -0.3 is 19.3 Å². The minimum Gasteiger partial charge on any atom is -0.388 e. The van der Waals surface area contributed by atoms with Gasteiger partial charge in [0.1, 0.15) is 12.2 Å². The smallest absolute Gasteiger partial charge is 0.160 e. The molecule has 4 nitrogen and oxygen atoms in total. The number of rotatable bonds is 1. The van der Waals surface area contributed by atoms with Gasteiger partial charge in [0.2, 0.25) is 0 Å². The molecule has 2 aliphatic rings. The molecule has 2 fully saturated rings. The maximum absolute atomic E-state index is 9.53. The van der Waals surface area contributed by atoms with Gasteiger partial charge in [-0.2, -0.15) is 0 Å². The highest BCUT2D eigenvalue weighted by Crippen LogP contribution is 2.28. The Morgan fingerprint density at radius 1 is 1.55 bits per heavy atom. The van der Waals surface area contributed by atoms with Crippen molar-refractivity contribution in [2.24, 2.45) is 0 Å². The van der Waals surface area contributed by atoms with Crippen molar-refractivity contribution >= 4 is 0 Å². The van der Waals surface area contributed by atoms with Crippen LogP contribution in [0.1, 0.15) is 6.42 Å². The van der Waals surface area contributed by atoms with Crippen LogP contribution >= 0.6 is 0 Å². The van der Waals surface area contributed by atoms with Gasteiger partial charge in [-0.05, 0) is 0 Å². The summed E-state index contributed by atoms with van der Waals surface area (Å²) in [4.78, 5) is 0. The van der Waals surface area contributed by atoms with Crippen molar-refractivity contribution in [1.29, 1.82) is 0 Å². The molecule has 2 saturated heterocycles. The lowest BCUT2D eigenvalue weighted by atomic mass is 10.0. The Morgan fingerprint density at radius 3 is 3.09 bits per heavy atom. The van der Waals surface area contributed by atoms with E-state index in [0.29, 0.717) is 13.0 Å². The van der Waals surface area contributed by atoms with Crippen molar-refractivity contribution in [2.75, 3.05) is 13.7 Å². The van der Waals surface area contributed by atoms with Gasteiger partial charge in [-0.1, -0.05) is 0 Å². The Kier molecular flexibility index (Phi) is 1.85.